The Hall–Kier alpha value is -0.240. The number of ether oxygens (including phenoxy) is 1. The molecular weight excluding hydrogens is 178 g/mol. The quantitative estimate of drug-likeness (QED) is 0.325. The van der Waals surface area contributed by atoms with Gasteiger partial charge in [-0.3, -0.25) is 5.32 Å². The molecule has 0 aromatic carbocycles. The zero-order chi connectivity index (χ0) is 10.0. The molecule has 5 atom stereocenters. The fourth-order valence-electron chi connectivity index (χ4n) is 1.40. The highest BCUT2D eigenvalue weighted by molar-refractivity contribution is 4.86. The Bertz CT molecular complexity index is 167. The van der Waals surface area contributed by atoms with Crippen LogP contribution in [0.3, 0.4) is 0 Å². The van der Waals surface area contributed by atoms with Crippen molar-refractivity contribution in [2.45, 2.75) is 24.7 Å². The van der Waals surface area contributed by atoms with Crippen molar-refractivity contribution < 1.29 is 25.2 Å². The first-order valence-corrected chi connectivity index (χ1v) is 4.09. The van der Waals surface area contributed by atoms with Crippen LogP contribution in [0.2, 0.25) is 0 Å². The number of rotatable bonds is 2. The van der Waals surface area contributed by atoms with E-state index in [9.17, 15) is 10.2 Å². The highest BCUT2D eigenvalue weighted by atomic mass is 16.6. The van der Waals surface area contributed by atoms with E-state index in [2.05, 4.69) is 5.32 Å². The molecule has 0 amide bonds. The van der Waals surface area contributed by atoms with Crippen molar-refractivity contribution >= 4 is 0 Å². The number of hydrogen-bond acceptors (Lipinski definition) is 6. The fourth-order valence-corrected chi connectivity index (χ4v) is 1.40. The van der Waals surface area contributed by atoms with Crippen LogP contribution in [0.15, 0.2) is 0 Å². The van der Waals surface area contributed by atoms with Gasteiger partial charge >= 0.3 is 0 Å². The molecule has 13 heavy (non-hydrogen) atoms. The Morgan fingerprint density at radius 2 is 1.85 bits per heavy atom. The van der Waals surface area contributed by atoms with Gasteiger partial charge in [0.1, 0.15) is 18.4 Å². The van der Waals surface area contributed by atoms with E-state index in [0.29, 0.717) is 0 Å². The van der Waals surface area contributed by atoms with Crippen molar-refractivity contribution in [3.05, 3.63) is 0 Å². The molecule has 78 valence electrons. The summed E-state index contributed by atoms with van der Waals surface area (Å²) in [4.78, 5) is 0. The highest BCUT2D eigenvalue weighted by Gasteiger charge is 2.42. The number of nitrogens with one attached hydrogen (secondary N) is 1. The molecule has 0 radical (unpaired) electrons. The van der Waals surface area contributed by atoms with Gasteiger partial charge in [-0.05, 0) is 7.05 Å². The van der Waals surface area contributed by atoms with Gasteiger partial charge in [0.15, 0.2) is 6.29 Å². The third-order valence-corrected chi connectivity index (χ3v) is 2.26. The Labute approximate surface area is 75.8 Å². The molecule has 1 rings (SSSR count). The summed E-state index contributed by atoms with van der Waals surface area (Å²) in [5.74, 6) is -0.791. The van der Waals surface area contributed by atoms with Gasteiger partial charge in [-0.25, -0.2) is 0 Å². The van der Waals surface area contributed by atoms with Gasteiger partial charge in [-0.2, -0.15) is 0 Å². The van der Waals surface area contributed by atoms with E-state index < -0.39 is 37.3 Å². The van der Waals surface area contributed by atoms with Gasteiger partial charge in [0, 0.05) is 5.92 Å². The number of aliphatic hydroxyl groups excluding tert-OH is 4. The second-order valence-electron chi connectivity index (χ2n) is 3.06. The monoisotopic (exact) mass is 193 g/mol. The third-order valence-electron chi connectivity index (χ3n) is 2.26. The van der Waals surface area contributed by atoms with Crippen LogP contribution in [0.25, 0.3) is 0 Å². The predicted molar refractivity (Wildman–Crippen MR) is 42.5 cm³/mol. The molecule has 1 aliphatic heterocycles. The van der Waals surface area contributed by atoms with Crippen molar-refractivity contribution in [3.8, 4) is 0 Å². The van der Waals surface area contributed by atoms with Gasteiger partial charge in [-0.15, -0.1) is 0 Å². The molecule has 6 heteroatoms. The lowest BCUT2D eigenvalue weighted by atomic mass is 9.92. The molecule has 6 nitrogen and oxygen atoms in total. The summed E-state index contributed by atoms with van der Waals surface area (Å²) in [5, 5.41) is 39.4. The first kappa shape index (κ1) is 10.8. The van der Waals surface area contributed by atoms with E-state index in [1.807, 2.05) is 0 Å². The third kappa shape index (κ3) is 1.98. The second kappa shape index (κ2) is 4.32. The lowest BCUT2D eigenvalue weighted by molar-refractivity contribution is -0.277. The molecule has 0 saturated carbocycles. The minimum absolute atomic E-state index is 0.402. The zero-order valence-electron chi connectivity index (χ0n) is 7.29. The van der Waals surface area contributed by atoms with E-state index >= 15 is 0 Å². The average molecular weight is 193 g/mol. The molecule has 1 heterocycles. The first-order valence-electron chi connectivity index (χ1n) is 4.09. The van der Waals surface area contributed by atoms with Gasteiger partial charge in [-0.1, -0.05) is 0 Å². The molecule has 5 unspecified atom stereocenters. The summed E-state index contributed by atoms with van der Waals surface area (Å²) in [6.45, 7) is -0.402. The van der Waals surface area contributed by atoms with Crippen molar-refractivity contribution in [1.29, 1.82) is 0 Å². The molecule has 5 N–H and O–H groups in total. The SMILES string of the molecule is CNC1OC(O)C(O)C(CO)C1O. The van der Waals surface area contributed by atoms with Crippen molar-refractivity contribution in [2.75, 3.05) is 13.7 Å². The Balaban J connectivity index is 2.69. The Kier molecular flexibility index (Phi) is 3.60. The molecule has 0 aromatic heterocycles. The van der Waals surface area contributed by atoms with Crippen molar-refractivity contribution in [1.82, 2.24) is 5.32 Å². The average Bonchev–Trinajstić information content (AvgIpc) is 2.12. The van der Waals surface area contributed by atoms with E-state index in [0.717, 1.165) is 0 Å². The molecule has 1 fully saturated rings. The minimum Gasteiger partial charge on any atom is -0.396 e. The molecule has 0 bridgehead atoms. The van der Waals surface area contributed by atoms with E-state index in [-0.39, 0.29) is 0 Å². The maximum atomic E-state index is 9.50. The zero-order valence-corrected chi connectivity index (χ0v) is 7.29. The van der Waals surface area contributed by atoms with E-state index in [1.54, 1.807) is 7.05 Å². The largest absolute Gasteiger partial charge is 0.396 e. The van der Waals surface area contributed by atoms with E-state index in [4.69, 9.17) is 14.9 Å². The van der Waals surface area contributed by atoms with Gasteiger partial charge in [0.05, 0.1) is 6.61 Å². The number of aliphatic hydroxyl groups is 4. The summed E-state index contributed by atoms with van der Waals surface area (Å²) in [6, 6.07) is 0. The summed E-state index contributed by atoms with van der Waals surface area (Å²) in [7, 11) is 1.55. The lowest BCUT2D eigenvalue weighted by Crippen LogP contribution is -2.59. The minimum atomic E-state index is -1.38. The topological polar surface area (TPSA) is 102 Å². The normalized spacial score (nSPS) is 46.4. The first-order chi connectivity index (χ1) is 6.11. The maximum absolute atomic E-state index is 9.50. The second-order valence-corrected chi connectivity index (χ2v) is 3.06. The van der Waals surface area contributed by atoms with Crippen LogP contribution in [-0.2, 0) is 4.74 Å². The molecular formula is C7H15NO5. The van der Waals surface area contributed by atoms with Gasteiger partial charge in [0.25, 0.3) is 0 Å². The summed E-state index contributed by atoms with van der Waals surface area (Å²) >= 11 is 0. The number of likely N-dealkylation sites (N-methyl/N-ethyl adjacent to an activating group) is 1. The van der Waals surface area contributed by atoms with Crippen LogP contribution in [-0.4, -0.2) is 58.8 Å². The van der Waals surface area contributed by atoms with Gasteiger partial charge in [0.2, 0.25) is 0 Å². The van der Waals surface area contributed by atoms with Crippen molar-refractivity contribution in [3.63, 3.8) is 0 Å². The van der Waals surface area contributed by atoms with Crippen LogP contribution >= 0.6 is 0 Å². The Morgan fingerprint density at radius 1 is 1.23 bits per heavy atom. The molecule has 0 aliphatic carbocycles. The van der Waals surface area contributed by atoms with Crippen LogP contribution < -0.4 is 5.32 Å². The lowest BCUT2D eigenvalue weighted by Gasteiger charge is -2.39. The van der Waals surface area contributed by atoms with Crippen molar-refractivity contribution in [2.24, 2.45) is 5.92 Å². The highest BCUT2D eigenvalue weighted by Crippen LogP contribution is 2.23. The van der Waals surface area contributed by atoms with Crippen LogP contribution in [0, 0.1) is 5.92 Å². The predicted octanol–water partition coefficient (Wildman–Crippen LogP) is -2.79. The summed E-state index contributed by atoms with van der Waals surface area (Å²) in [5.41, 5.74) is 0. The molecule has 1 aliphatic rings. The summed E-state index contributed by atoms with van der Waals surface area (Å²) in [6.07, 6.45) is -4.44. The molecule has 0 aromatic rings. The Morgan fingerprint density at radius 3 is 2.31 bits per heavy atom. The summed E-state index contributed by atoms with van der Waals surface area (Å²) < 4.78 is 4.83. The van der Waals surface area contributed by atoms with Crippen LogP contribution in [0.4, 0.5) is 0 Å². The fraction of sp³-hybridized carbons (Fsp3) is 1.00. The van der Waals surface area contributed by atoms with Crippen LogP contribution in [0.5, 0.6) is 0 Å². The number of hydrogen-bond donors (Lipinski definition) is 5. The maximum Gasteiger partial charge on any atom is 0.183 e. The van der Waals surface area contributed by atoms with Crippen LogP contribution in [0.1, 0.15) is 0 Å². The standard InChI is InChI=1S/C7H15NO5/c1-8-6-4(10)3(2-9)5(11)7(12)13-6/h3-12H,2H2,1H3. The molecule has 0 spiro atoms. The van der Waals surface area contributed by atoms with E-state index in [1.165, 1.54) is 0 Å². The molecule has 1 saturated heterocycles. The van der Waals surface area contributed by atoms with Gasteiger partial charge < -0.3 is 25.2 Å². The smallest absolute Gasteiger partial charge is 0.183 e.